The second kappa shape index (κ2) is 5.53. The molecule has 0 amide bonds. The number of halogens is 2. The summed E-state index contributed by atoms with van der Waals surface area (Å²) in [7, 11) is 0. The van der Waals surface area contributed by atoms with E-state index >= 15 is 0 Å². The first-order chi connectivity index (χ1) is 8.06. The topological polar surface area (TPSA) is 26.0 Å². The van der Waals surface area contributed by atoms with Gasteiger partial charge in [-0.25, -0.2) is 0 Å². The van der Waals surface area contributed by atoms with Gasteiger partial charge in [0.1, 0.15) is 0 Å². The molecule has 2 aromatic rings. The van der Waals surface area contributed by atoms with Gasteiger partial charge in [-0.1, -0.05) is 39.7 Å². The SMILES string of the molecule is Cc1cc(C(N)Cc2ccc(Cl)s2)ccc1Br. The van der Waals surface area contributed by atoms with Gasteiger partial charge in [0.2, 0.25) is 0 Å². The van der Waals surface area contributed by atoms with Gasteiger partial charge in [-0.2, -0.15) is 0 Å². The second-order valence-corrected chi connectivity index (χ2v) is 6.68. The summed E-state index contributed by atoms with van der Waals surface area (Å²) in [5.41, 5.74) is 8.58. The second-order valence-electron chi connectivity index (χ2n) is 4.03. The molecule has 1 aromatic carbocycles. The van der Waals surface area contributed by atoms with E-state index in [1.807, 2.05) is 18.2 Å². The van der Waals surface area contributed by atoms with Crippen molar-refractivity contribution in [2.45, 2.75) is 19.4 Å². The lowest BCUT2D eigenvalue weighted by molar-refractivity contribution is 0.729. The van der Waals surface area contributed by atoms with Crippen molar-refractivity contribution in [2.75, 3.05) is 0 Å². The molecule has 1 aromatic heterocycles. The molecule has 1 unspecified atom stereocenters. The van der Waals surface area contributed by atoms with Crippen LogP contribution in [0.2, 0.25) is 4.34 Å². The Kier molecular flexibility index (Phi) is 4.26. The average Bonchev–Trinajstić information content (AvgIpc) is 2.68. The lowest BCUT2D eigenvalue weighted by Gasteiger charge is -2.12. The third kappa shape index (κ3) is 3.32. The standard InChI is InChI=1S/C13H13BrClNS/c1-8-6-9(2-4-11(8)14)12(16)7-10-3-5-13(15)17-10/h2-6,12H,7,16H2,1H3. The summed E-state index contributed by atoms with van der Waals surface area (Å²) in [4.78, 5) is 1.23. The molecule has 17 heavy (non-hydrogen) atoms. The molecule has 2 rings (SSSR count). The summed E-state index contributed by atoms with van der Waals surface area (Å²) in [6.07, 6.45) is 0.832. The predicted molar refractivity (Wildman–Crippen MR) is 78.8 cm³/mol. The Bertz CT molecular complexity index is 524. The van der Waals surface area contributed by atoms with E-state index in [1.165, 1.54) is 10.4 Å². The molecule has 1 atom stereocenters. The van der Waals surface area contributed by atoms with Crippen molar-refractivity contribution < 1.29 is 0 Å². The van der Waals surface area contributed by atoms with Gasteiger partial charge in [-0.3, -0.25) is 0 Å². The first kappa shape index (κ1) is 13.1. The van der Waals surface area contributed by atoms with Gasteiger partial charge >= 0.3 is 0 Å². The maximum atomic E-state index is 6.20. The van der Waals surface area contributed by atoms with Gasteiger partial charge in [0, 0.05) is 21.8 Å². The van der Waals surface area contributed by atoms with E-state index in [-0.39, 0.29) is 6.04 Å². The normalized spacial score (nSPS) is 12.7. The van der Waals surface area contributed by atoms with Crippen LogP contribution in [0.1, 0.15) is 22.0 Å². The summed E-state index contributed by atoms with van der Waals surface area (Å²) in [5.74, 6) is 0. The molecule has 90 valence electrons. The van der Waals surface area contributed by atoms with Gasteiger partial charge in [-0.05, 0) is 36.2 Å². The number of benzene rings is 1. The molecule has 0 bridgehead atoms. The molecule has 0 saturated carbocycles. The molecule has 0 aliphatic carbocycles. The van der Waals surface area contributed by atoms with Crippen LogP contribution in [0, 0.1) is 6.92 Å². The third-order valence-electron chi connectivity index (χ3n) is 2.66. The predicted octanol–water partition coefficient (Wildman–Crippen LogP) is 4.71. The molecule has 0 saturated heterocycles. The number of rotatable bonds is 3. The van der Waals surface area contributed by atoms with Gasteiger partial charge in [0.25, 0.3) is 0 Å². The summed E-state index contributed by atoms with van der Waals surface area (Å²) < 4.78 is 1.94. The minimum Gasteiger partial charge on any atom is -0.324 e. The lowest BCUT2D eigenvalue weighted by atomic mass is 10.0. The quantitative estimate of drug-likeness (QED) is 0.866. The van der Waals surface area contributed by atoms with E-state index in [0.29, 0.717) is 0 Å². The zero-order valence-corrected chi connectivity index (χ0v) is 12.6. The molecule has 0 fully saturated rings. The molecular weight excluding hydrogens is 318 g/mol. The van der Waals surface area contributed by atoms with E-state index in [1.54, 1.807) is 11.3 Å². The third-order valence-corrected chi connectivity index (χ3v) is 4.80. The molecule has 1 heterocycles. The maximum absolute atomic E-state index is 6.20. The molecule has 0 aliphatic heterocycles. The van der Waals surface area contributed by atoms with Crippen molar-refractivity contribution in [1.29, 1.82) is 0 Å². The molecule has 2 N–H and O–H groups in total. The highest BCUT2D eigenvalue weighted by Crippen LogP contribution is 2.27. The number of nitrogens with two attached hydrogens (primary N) is 1. The van der Waals surface area contributed by atoms with Crippen LogP contribution < -0.4 is 5.73 Å². The Morgan fingerprint density at radius 2 is 2.12 bits per heavy atom. The zero-order chi connectivity index (χ0) is 12.4. The van der Waals surface area contributed by atoms with Gasteiger partial charge < -0.3 is 5.73 Å². The number of hydrogen-bond acceptors (Lipinski definition) is 2. The summed E-state index contributed by atoms with van der Waals surface area (Å²) >= 11 is 11.0. The van der Waals surface area contributed by atoms with Crippen LogP contribution in [0.5, 0.6) is 0 Å². The Balaban J connectivity index is 2.14. The highest BCUT2D eigenvalue weighted by atomic mass is 79.9. The summed E-state index contributed by atoms with van der Waals surface area (Å²) in [5, 5.41) is 0. The lowest BCUT2D eigenvalue weighted by Crippen LogP contribution is -2.12. The number of hydrogen-bond donors (Lipinski definition) is 1. The van der Waals surface area contributed by atoms with Crippen LogP contribution in [0.25, 0.3) is 0 Å². The van der Waals surface area contributed by atoms with Crippen molar-refractivity contribution in [3.05, 3.63) is 55.1 Å². The monoisotopic (exact) mass is 329 g/mol. The zero-order valence-electron chi connectivity index (χ0n) is 9.41. The minimum atomic E-state index is 0.0246. The van der Waals surface area contributed by atoms with Crippen LogP contribution >= 0.6 is 38.9 Å². The molecular formula is C13H13BrClNS. The maximum Gasteiger partial charge on any atom is 0.0931 e. The first-order valence-corrected chi connectivity index (χ1v) is 7.31. The van der Waals surface area contributed by atoms with Crippen molar-refractivity contribution in [3.63, 3.8) is 0 Å². The Morgan fingerprint density at radius 1 is 1.35 bits per heavy atom. The van der Waals surface area contributed by atoms with Crippen LogP contribution in [0.15, 0.2) is 34.8 Å². The van der Waals surface area contributed by atoms with Gasteiger partial charge in [0.05, 0.1) is 4.34 Å². The Morgan fingerprint density at radius 3 is 2.71 bits per heavy atom. The van der Waals surface area contributed by atoms with Crippen molar-refractivity contribution in [1.82, 2.24) is 0 Å². The van der Waals surface area contributed by atoms with E-state index in [2.05, 4.69) is 35.0 Å². The highest BCUT2D eigenvalue weighted by molar-refractivity contribution is 9.10. The highest BCUT2D eigenvalue weighted by Gasteiger charge is 2.09. The minimum absolute atomic E-state index is 0.0246. The van der Waals surface area contributed by atoms with Crippen molar-refractivity contribution in [2.24, 2.45) is 5.73 Å². The van der Waals surface area contributed by atoms with Crippen LogP contribution in [-0.2, 0) is 6.42 Å². The van der Waals surface area contributed by atoms with Gasteiger partial charge in [0.15, 0.2) is 0 Å². The fourth-order valence-corrected chi connectivity index (χ4v) is 3.09. The van der Waals surface area contributed by atoms with Crippen molar-refractivity contribution >= 4 is 38.9 Å². The van der Waals surface area contributed by atoms with Crippen LogP contribution in [0.3, 0.4) is 0 Å². The van der Waals surface area contributed by atoms with E-state index in [9.17, 15) is 0 Å². The molecule has 0 radical (unpaired) electrons. The summed E-state index contributed by atoms with van der Waals surface area (Å²) in [6.45, 7) is 2.07. The van der Waals surface area contributed by atoms with Crippen LogP contribution in [0.4, 0.5) is 0 Å². The van der Waals surface area contributed by atoms with Crippen molar-refractivity contribution in [3.8, 4) is 0 Å². The molecule has 0 aliphatic rings. The van der Waals surface area contributed by atoms with Gasteiger partial charge in [-0.15, -0.1) is 11.3 Å². The Labute approximate surface area is 119 Å². The van der Waals surface area contributed by atoms with Crippen LogP contribution in [-0.4, -0.2) is 0 Å². The molecule has 4 heteroatoms. The molecule has 1 nitrogen and oxygen atoms in total. The first-order valence-electron chi connectivity index (χ1n) is 5.32. The fourth-order valence-electron chi connectivity index (χ4n) is 1.69. The van der Waals surface area contributed by atoms with E-state index < -0.39 is 0 Å². The fraction of sp³-hybridized carbons (Fsp3) is 0.231. The average molecular weight is 331 g/mol. The van der Waals surface area contributed by atoms with E-state index in [0.717, 1.165) is 20.8 Å². The number of thiophene rings is 1. The largest absolute Gasteiger partial charge is 0.324 e. The Hall–Kier alpha value is -0.350. The molecule has 0 spiro atoms. The summed E-state index contributed by atoms with van der Waals surface area (Å²) in [6, 6.07) is 10.2. The number of aryl methyl sites for hydroxylation is 1. The smallest absolute Gasteiger partial charge is 0.0931 e. The van der Waals surface area contributed by atoms with E-state index in [4.69, 9.17) is 17.3 Å².